The van der Waals surface area contributed by atoms with E-state index in [1.807, 2.05) is 0 Å². The van der Waals surface area contributed by atoms with E-state index < -0.39 is 5.82 Å². The maximum atomic E-state index is 13.1. The molecule has 0 aliphatic heterocycles. The Kier molecular flexibility index (Phi) is 4.51. The van der Waals surface area contributed by atoms with Gasteiger partial charge in [0.25, 0.3) is 0 Å². The van der Waals surface area contributed by atoms with Gasteiger partial charge in [-0.15, -0.1) is 11.8 Å². The smallest absolute Gasteiger partial charge is 0.163 e. The van der Waals surface area contributed by atoms with E-state index in [-0.39, 0.29) is 5.78 Å². The zero-order chi connectivity index (χ0) is 11.3. The summed E-state index contributed by atoms with van der Waals surface area (Å²) in [6.07, 6.45) is 0.856. The molecule has 0 heterocycles. The maximum Gasteiger partial charge on any atom is 0.163 e. The van der Waals surface area contributed by atoms with Crippen LogP contribution in [0.2, 0.25) is 0 Å². The molecule has 78 valence electrons. The molecule has 0 saturated heterocycles. The lowest BCUT2D eigenvalue weighted by molar-refractivity contribution is 0.0984. The van der Waals surface area contributed by atoms with E-state index in [1.165, 1.54) is 12.1 Å². The van der Waals surface area contributed by atoms with Crippen molar-refractivity contribution in [2.24, 2.45) is 0 Å². The Hall–Kier alpha value is -1.14. The Morgan fingerprint density at radius 3 is 2.87 bits per heavy atom. The average molecular weight is 269 g/mol. The number of carbonyl (C=O) groups is 1. The van der Waals surface area contributed by atoms with Crippen LogP contribution in [0.5, 0.6) is 0 Å². The number of halogens is 2. The van der Waals surface area contributed by atoms with Crippen molar-refractivity contribution >= 4 is 21.7 Å². The molecule has 0 spiro atoms. The largest absolute Gasteiger partial charge is 0.294 e. The second-order valence-electron chi connectivity index (χ2n) is 2.98. The molecular weight excluding hydrogens is 259 g/mol. The van der Waals surface area contributed by atoms with E-state index in [0.29, 0.717) is 22.9 Å². The molecule has 0 atom stereocenters. The fourth-order valence-corrected chi connectivity index (χ4v) is 1.36. The Bertz CT molecular complexity index is 429. The van der Waals surface area contributed by atoms with Crippen molar-refractivity contribution in [2.45, 2.75) is 19.8 Å². The Labute approximate surface area is 96.8 Å². The molecule has 0 unspecified atom stereocenters. The highest BCUT2D eigenvalue weighted by molar-refractivity contribution is 9.10. The van der Waals surface area contributed by atoms with Crippen molar-refractivity contribution in [3.05, 3.63) is 34.1 Å². The normalized spacial score (nSPS) is 9.27. The van der Waals surface area contributed by atoms with Crippen molar-refractivity contribution in [3.8, 4) is 11.8 Å². The molecule has 0 saturated carbocycles. The predicted molar refractivity (Wildman–Crippen MR) is 61.1 cm³/mol. The molecule has 1 aromatic rings. The van der Waals surface area contributed by atoms with Gasteiger partial charge >= 0.3 is 0 Å². The topological polar surface area (TPSA) is 17.1 Å². The standard InChI is InChI=1S/C12H10BrFO/c1-2-3-4-5-12(15)9-6-7-10(13)11(14)8-9/h6-8H,4-5H2,1H3. The van der Waals surface area contributed by atoms with Crippen LogP contribution in [-0.2, 0) is 0 Å². The summed E-state index contributed by atoms with van der Waals surface area (Å²) >= 11 is 3.03. The van der Waals surface area contributed by atoms with Crippen molar-refractivity contribution in [2.75, 3.05) is 0 Å². The van der Waals surface area contributed by atoms with Gasteiger partial charge in [-0.2, -0.15) is 0 Å². The van der Waals surface area contributed by atoms with Gasteiger partial charge in [-0.3, -0.25) is 4.79 Å². The minimum atomic E-state index is -0.414. The second kappa shape index (κ2) is 5.67. The monoisotopic (exact) mass is 268 g/mol. The lowest BCUT2D eigenvalue weighted by Crippen LogP contribution is -1.99. The van der Waals surface area contributed by atoms with Gasteiger partial charge in [0.2, 0.25) is 0 Å². The number of ketones is 1. The van der Waals surface area contributed by atoms with Gasteiger partial charge in [-0.05, 0) is 35.0 Å². The number of rotatable bonds is 3. The van der Waals surface area contributed by atoms with Gasteiger partial charge < -0.3 is 0 Å². The summed E-state index contributed by atoms with van der Waals surface area (Å²) < 4.78 is 13.5. The fraction of sp³-hybridized carbons (Fsp3) is 0.250. The highest BCUT2D eigenvalue weighted by atomic mass is 79.9. The third-order valence-electron chi connectivity index (χ3n) is 1.90. The summed E-state index contributed by atoms with van der Waals surface area (Å²) in [4.78, 5) is 11.5. The molecule has 3 heteroatoms. The highest BCUT2D eigenvalue weighted by Gasteiger charge is 2.07. The van der Waals surface area contributed by atoms with Gasteiger partial charge in [-0.1, -0.05) is 6.07 Å². The molecule has 0 amide bonds. The minimum Gasteiger partial charge on any atom is -0.294 e. The number of carbonyl (C=O) groups excluding carboxylic acids is 1. The van der Waals surface area contributed by atoms with Crippen molar-refractivity contribution in [3.63, 3.8) is 0 Å². The molecule has 1 rings (SSSR count). The van der Waals surface area contributed by atoms with Crippen LogP contribution in [-0.4, -0.2) is 5.78 Å². The SMILES string of the molecule is CC#CCCC(=O)c1ccc(Br)c(F)c1. The number of hydrogen-bond acceptors (Lipinski definition) is 1. The molecule has 0 aliphatic carbocycles. The Morgan fingerprint density at radius 2 is 2.27 bits per heavy atom. The van der Waals surface area contributed by atoms with E-state index in [2.05, 4.69) is 27.8 Å². The molecule has 1 aromatic carbocycles. The van der Waals surface area contributed by atoms with Gasteiger partial charge in [0.15, 0.2) is 5.78 Å². The molecule has 0 aromatic heterocycles. The first-order valence-corrected chi connectivity index (χ1v) is 5.32. The summed E-state index contributed by atoms with van der Waals surface area (Å²) in [5, 5.41) is 0. The van der Waals surface area contributed by atoms with Crippen LogP contribution in [0.1, 0.15) is 30.1 Å². The van der Waals surface area contributed by atoms with Crippen molar-refractivity contribution in [1.29, 1.82) is 0 Å². The van der Waals surface area contributed by atoms with Crippen LogP contribution in [0.25, 0.3) is 0 Å². The zero-order valence-electron chi connectivity index (χ0n) is 8.31. The van der Waals surface area contributed by atoms with Crippen LogP contribution in [0, 0.1) is 17.7 Å². The van der Waals surface area contributed by atoms with Crippen LogP contribution in [0.3, 0.4) is 0 Å². The van der Waals surface area contributed by atoms with Crippen LogP contribution in [0.15, 0.2) is 22.7 Å². The van der Waals surface area contributed by atoms with Crippen LogP contribution >= 0.6 is 15.9 Å². The molecule has 1 nitrogen and oxygen atoms in total. The highest BCUT2D eigenvalue weighted by Crippen LogP contribution is 2.17. The van der Waals surface area contributed by atoms with E-state index in [9.17, 15) is 9.18 Å². The summed E-state index contributed by atoms with van der Waals surface area (Å²) in [5.41, 5.74) is 0.397. The molecule has 0 bridgehead atoms. The third-order valence-corrected chi connectivity index (χ3v) is 2.54. The molecule has 15 heavy (non-hydrogen) atoms. The number of hydrogen-bond donors (Lipinski definition) is 0. The van der Waals surface area contributed by atoms with Crippen molar-refractivity contribution in [1.82, 2.24) is 0 Å². The van der Waals surface area contributed by atoms with Crippen LogP contribution in [0.4, 0.5) is 4.39 Å². The second-order valence-corrected chi connectivity index (χ2v) is 3.83. The molecule has 0 radical (unpaired) electrons. The molecular formula is C12H10BrFO. The van der Waals surface area contributed by atoms with Crippen LogP contribution < -0.4 is 0 Å². The van der Waals surface area contributed by atoms with E-state index in [1.54, 1.807) is 13.0 Å². The lowest BCUT2D eigenvalue weighted by atomic mass is 10.1. The zero-order valence-corrected chi connectivity index (χ0v) is 9.90. The average Bonchev–Trinajstić information content (AvgIpc) is 2.22. The number of Topliss-reactive ketones (excluding diaryl/α,β-unsaturated/α-hetero) is 1. The quantitative estimate of drug-likeness (QED) is 0.605. The van der Waals surface area contributed by atoms with E-state index in [0.717, 1.165) is 0 Å². The van der Waals surface area contributed by atoms with Crippen molar-refractivity contribution < 1.29 is 9.18 Å². The first kappa shape index (κ1) is 11.9. The fourth-order valence-electron chi connectivity index (χ4n) is 1.11. The lowest BCUT2D eigenvalue weighted by Gasteiger charge is -2.00. The van der Waals surface area contributed by atoms with E-state index >= 15 is 0 Å². The van der Waals surface area contributed by atoms with E-state index in [4.69, 9.17) is 0 Å². The van der Waals surface area contributed by atoms with Gasteiger partial charge in [0, 0.05) is 18.4 Å². The summed E-state index contributed by atoms with van der Waals surface area (Å²) in [7, 11) is 0. The Balaban J connectivity index is 2.72. The number of benzene rings is 1. The summed E-state index contributed by atoms with van der Waals surface area (Å²) in [5.74, 6) is 5.02. The molecule has 0 aliphatic rings. The predicted octanol–water partition coefficient (Wildman–Crippen LogP) is 3.57. The minimum absolute atomic E-state index is 0.0795. The summed E-state index contributed by atoms with van der Waals surface area (Å²) in [6.45, 7) is 1.73. The molecule has 0 fully saturated rings. The first-order valence-electron chi connectivity index (χ1n) is 4.53. The summed E-state index contributed by atoms with van der Waals surface area (Å²) in [6, 6.07) is 4.38. The Morgan fingerprint density at radius 1 is 1.53 bits per heavy atom. The third kappa shape index (κ3) is 3.49. The maximum absolute atomic E-state index is 13.1. The van der Waals surface area contributed by atoms with Gasteiger partial charge in [-0.25, -0.2) is 4.39 Å². The van der Waals surface area contributed by atoms with Gasteiger partial charge in [0.05, 0.1) is 4.47 Å². The first-order chi connectivity index (χ1) is 7.15. The van der Waals surface area contributed by atoms with Gasteiger partial charge in [0.1, 0.15) is 5.82 Å². The molecule has 0 N–H and O–H groups in total.